The number of esters is 1. The molecule has 1 aliphatic rings. The molecule has 1 atom stereocenters. The Hall–Kier alpha value is -2.56. The standard InChI is InChI=1S/C23H42N4O7/c1-22(2,3)33-18(28)16-26-12-14-27(15-13-26)20(31)24-11-9-8-10-17(19(29)30)25(7)21(32)34-23(4,5)6/h17H,8-16H2,1-7H3,(H,24,31)(H,29,30)/t17-/m0/s1. The lowest BCUT2D eigenvalue weighted by atomic mass is 10.1. The molecule has 11 nitrogen and oxygen atoms in total. The number of likely N-dealkylation sites (N-methyl/N-ethyl adjacent to an activating group) is 1. The minimum Gasteiger partial charge on any atom is -0.480 e. The van der Waals surface area contributed by atoms with Gasteiger partial charge in [0, 0.05) is 39.8 Å². The van der Waals surface area contributed by atoms with E-state index in [-0.39, 0.29) is 25.0 Å². The van der Waals surface area contributed by atoms with Crippen LogP contribution in [-0.4, -0.2) is 107 Å². The number of carboxylic acids is 1. The maximum Gasteiger partial charge on any atom is 0.410 e. The number of hydrogen-bond donors (Lipinski definition) is 2. The summed E-state index contributed by atoms with van der Waals surface area (Å²) in [5, 5.41) is 12.3. The lowest BCUT2D eigenvalue weighted by Gasteiger charge is -2.34. The van der Waals surface area contributed by atoms with Crippen molar-refractivity contribution in [2.45, 2.75) is 78.0 Å². The number of carbonyl (C=O) groups excluding carboxylic acids is 3. The van der Waals surface area contributed by atoms with Gasteiger partial charge >= 0.3 is 24.1 Å². The van der Waals surface area contributed by atoms with Crippen molar-refractivity contribution in [3.63, 3.8) is 0 Å². The van der Waals surface area contributed by atoms with E-state index in [1.807, 2.05) is 25.7 Å². The fourth-order valence-corrected chi connectivity index (χ4v) is 3.38. The summed E-state index contributed by atoms with van der Waals surface area (Å²) in [5.74, 6) is -1.37. The highest BCUT2D eigenvalue weighted by molar-refractivity contribution is 5.80. The van der Waals surface area contributed by atoms with Gasteiger partial charge in [-0.1, -0.05) is 0 Å². The van der Waals surface area contributed by atoms with E-state index in [1.165, 1.54) is 7.05 Å². The molecule has 11 heteroatoms. The first-order chi connectivity index (χ1) is 15.6. The van der Waals surface area contributed by atoms with Gasteiger partial charge in [-0.05, 0) is 60.8 Å². The van der Waals surface area contributed by atoms with Crippen LogP contribution in [0.2, 0.25) is 0 Å². The van der Waals surface area contributed by atoms with Crippen molar-refractivity contribution in [2.75, 3.05) is 46.3 Å². The van der Waals surface area contributed by atoms with Gasteiger partial charge in [-0.3, -0.25) is 14.6 Å². The van der Waals surface area contributed by atoms with Gasteiger partial charge in [-0.25, -0.2) is 14.4 Å². The molecule has 2 N–H and O–H groups in total. The monoisotopic (exact) mass is 486 g/mol. The number of piperazine rings is 1. The van der Waals surface area contributed by atoms with Crippen molar-refractivity contribution in [2.24, 2.45) is 0 Å². The molecule has 0 saturated carbocycles. The van der Waals surface area contributed by atoms with E-state index in [4.69, 9.17) is 9.47 Å². The number of urea groups is 1. The average Bonchev–Trinajstić information content (AvgIpc) is 2.67. The molecule has 1 saturated heterocycles. The third-order valence-electron chi connectivity index (χ3n) is 5.05. The molecule has 0 bridgehead atoms. The number of nitrogens with zero attached hydrogens (tertiary/aromatic N) is 3. The zero-order valence-electron chi connectivity index (χ0n) is 21.7. The summed E-state index contributed by atoms with van der Waals surface area (Å²) < 4.78 is 10.6. The largest absolute Gasteiger partial charge is 0.480 e. The van der Waals surface area contributed by atoms with E-state index in [9.17, 15) is 24.3 Å². The number of unbranched alkanes of at least 4 members (excludes halogenated alkanes) is 1. The highest BCUT2D eigenvalue weighted by atomic mass is 16.6. The zero-order chi connectivity index (χ0) is 26.1. The normalized spacial score (nSPS) is 15.9. The van der Waals surface area contributed by atoms with Crippen LogP contribution >= 0.6 is 0 Å². The molecule has 0 aromatic carbocycles. The molecule has 0 unspecified atom stereocenters. The Morgan fingerprint density at radius 1 is 0.941 bits per heavy atom. The van der Waals surface area contributed by atoms with Crippen LogP contribution in [0.1, 0.15) is 60.8 Å². The summed E-state index contributed by atoms with van der Waals surface area (Å²) in [5.41, 5.74) is -1.23. The van der Waals surface area contributed by atoms with Crippen molar-refractivity contribution in [1.29, 1.82) is 0 Å². The lowest BCUT2D eigenvalue weighted by molar-refractivity contribution is -0.156. The van der Waals surface area contributed by atoms with Crippen molar-refractivity contribution in [3.05, 3.63) is 0 Å². The quantitative estimate of drug-likeness (QED) is 0.375. The van der Waals surface area contributed by atoms with Crippen molar-refractivity contribution in [3.8, 4) is 0 Å². The number of amides is 3. The van der Waals surface area contributed by atoms with Crippen LogP contribution in [0, 0.1) is 0 Å². The maximum absolute atomic E-state index is 12.4. The molecular weight excluding hydrogens is 444 g/mol. The van der Waals surface area contributed by atoms with Crippen molar-refractivity contribution >= 4 is 24.1 Å². The smallest absolute Gasteiger partial charge is 0.410 e. The second kappa shape index (κ2) is 12.8. The van der Waals surface area contributed by atoms with Crippen molar-refractivity contribution < 1.29 is 33.8 Å². The molecule has 1 heterocycles. The Morgan fingerprint density at radius 3 is 2.00 bits per heavy atom. The van der Waals surface area contributed by atoms with Gasteiger partial charge in [0.15, 0.2) is 0 Å². The topological polar surface area (TPSA) is 129 Å². The van der Waals surface area contributed by atoms with E-state index in [2.05, 4.69) is 5.32 Å². The molecule has 1 aliphatic heterocycles. The fourth-order valence-electron chi connectivity index (χ4n) is 3.38. The summed E-state index contributed by atoms with van der Waals surface area (Å²) >= 11 is 0. The molecule has 0 aromatic heterocycles. The Kier molecular flexibility index (Phi) is 11.1. The third-order valence-corrected chi connectivity index (χ3v) is 5.05. The molecule has 34 heavy (non-hydrogen) atoms. The van der Waals surface area contributed by atoms with E-state index in [0.717, 1.165) is 4.90 Å². The number of hydrogen-bond acceptors (Lipinski definition) is 7. The summed E-state index contributed by atoms with van der Waals surface area (Å²) in [4.78, 5) is 52.8. The number of nitrogens with one attached hydrogen (secondary N) is 1. The second-order valence-electron chi connectivity index (χ2n) is 10.5. The van der Waals surface area contributed by atoms with Crippen LogP contribution in [0.25, 0.3) is 0 Å². The van der Waals surface area contributed by atoms with Gasteiger partial charge in [0.25, 0.3) is 0 Å². The number of aliphatic carboxylic acids is 1. The van der Waals surface area contributed by atoms with Crippen LogP contribution in [0.5, 0.6) is 0 Å². The first kappa shape index (κ1) is 29.5. The third kappa shape index (κ3) is 11.5. The number of ether oxygens (including phenoxy) is 2. The predicted octanol–water partition coefficient (Wildman–Crippen LogP) is 2.15. The van der Waals surface area contributed by atoms with Gasteiger partial charge < -0.3 is 24.8 Å². The van der Waals surface area contributed by atoms with E-state index >= 15 is 0 Å². The molecule has 0 spiro atoms. The van der Waals surface area contributed by atoms with E-state index in [0.29, 0.717) is 45.6 Å². The van der Waals surface area contributed by atoms with Gasteiger partial charge in [-0.15, -0.1) is 0 Å². The number of carboxylic acid groups (broad SMARTS) is 1. The summed E-state index contributed by atoms with van der Waals surface area (Å²) in [6.45, 7) is 13.4. The van der Waals surface area contributed by atoms with Crippen LogP contribution in [0.4, 0.5) is 9.59 Å². The Morgan fingerprint density at radius 2 is 1.50 bits per heavy atom. The lowest BCUT2D eigenvalue weighted by Crippen LogP contribution is -2.53. The SMILES string of the molecule is CN(C(=O)OC(C)(C)C)[C@@H](CCCCNC(=O)N1CCN(CC(=O)OC(C)(C)C)CC1)C(=O)O. The van der Waals surface area contributed by atoms with Gasteiger partial charge in [-0.2, -0.15) is 0 Å². The maximum atomic E-state index is 12.4. The molecule has 0 aromatic rings. The van der Waals surface area contributed by atoms with Crippen molar-refractivity contribution in [1.82, 2.24) is 20.0 Å². The molecule has 0 radical (unpaired) electrons. The minimum atomic E-state index is -1.10. The fraction of sp³-hybridized carbons (Fsp3) is 0.826. The van der Waals surface area contributed by atoms with Gasteiger partial charge in [0.05, 0.1) is 6.54 Å². The molecule has 1 rings (SSSR count). The first-order valence-corrected chi connectivity index (χ1v) is 11.7. The molecule has 196 valence electrons. The average molecular weight is 487 g/mol. The number of rotatable bonds is 9. The minimum absolute atomic E-state index is 0.183. The van der Waals surface area contributed by atoms with Gasteiger partial charge in [0.1, 0.15) is 17.2 Å². The van der Waals surface area contributed by atoms with Crippen LogP contribution in [-0.2, 0) is 19.1 Å². The summed E-state index contributed by atoms with van der Waals surface area (Å²) in [6, 6.07) is -1.18. The highest BCUT2D eigenvalue weighted by Gasteiger charge is 2.30. The molecule has 1 fully saturated rings. The van der Waals surface area contributed by atoms with Crippen LogP contribution < -0.4 is 5.32 Å². The summed E-state index contributed by atoms with van der Waals surface area (Å²) in [7, 11) is 1.41. The number of carbonyl (C=O) groups is 4. The second-order valence-corrected chi connectivity index (χ2v) is 10.5. The molecular formula is C23H42N4O7. The molecule has 0 aliphatic carbocycles. The Bertz CT molecular complexity index is 707. The predicted molar refractivity (Wildman–Crippen MR) is 127 cm³/mol. The Labute approximate surface area is 202 Å². The van der Waals surface area contributed by atoms with Crippen LogP contribution in [0.3, 0.4) is 0 Å². The van der Waals surface area contributed by atoms with Crippen LogP contribution in [0.15, 0.2) is 0 Å². The Balaban J connectivity index is 2.32. The first-order valence-electron chi connectivity index (χ1n) is 11.7. The highest BCUT2D eigenvalue weighted by Crippen LogP contribution is 2.14. The zero-order valence-corrected chi connectivity index (χ0v) is 21.7. The van der Waals surface area contributed by atoms with Gasteiger partial charge in [0.2, 0.25) is 0 Å². The van der Waals surface area contributed by atoms with E-state index < -0.39 is 29.3 Å². The molecule has 3 amide bonds. The van der Waals surface area contributed by atoms with E-state index in [1.54, 1.807) is 25.7 Å². The summed E-state index contributed by atoms with van der Waals surface area (Å²) in [6.07, 6.45) is 0.674.